The van der Waals surface area contributed by atoms with E-state index in [1.165, 1.54) is 6.92 Å². The van der Waals surface area contributed by atoms with Gasteiger partial charge in [-0.25, -0.2) is 0 Å². The van der Waals surface area contributed by atoms with Crippen molar-refractivity contribution < 1.29 is 9.59 Å². The number of nitrogens with one attached hydrogen (secondary N) is 1. The third kappa shape index (κ3) is 6.34. The molecule has 0 fully saturated rings. The number of amides is 2. The van der Waals surface area contributed by atoms with Crippen LogP contribution in [0.3, 0.4) is 0 Å². The average Bonchev–Trinajstić information content (AvgIpc) is 2.47. The molecule has 1 radical (unpaired) electrons. The van der Waals surface area contributed by atoms with Gasteiger partial charge in [0.1, 0.15) is 0 Å². The summed E-state index contributed by atoms with van der Waals surface area (Å²) in [4.78, 5) is 25.6. The lowest BCUT2D eigenvalue weighted by Gasteiger charge is -2.36. The summed E-state index contributed by atoms with van der Waals surface area (Å²) in [6.07, 6.45) is 2.17. The fraction of sp³-hybridized carbons (Fsp3) is 0.824. The fourth-order valence-corrected chi connectivity index (χ4v) is 2.60. The summed E-state index contributed by atoms with van der Waals surface area (Å²) in [5, 5.41) is 2.90. The van der Waals surface area contributed by atoms with Gasteiger partial charge in [-0.05, 0) is 24.7 Å². The van der Waals surface area contributed by atoms with Crippen LogP contribution in [0.5, 0.6) is 0 Å². The van der Waals surface area contributed by atoms with Crippen LogP contribution in [-0.4, -0.2) is 41.9 Å². The zero-order valence-corrected chi connectivity index (χ0v) is 15.1. The van der Waals surface area contributed by atoms with Gasteiger partial charge in [-0.3, -0.25) is 9.59 Å². The smallest absolute Gasteiger partial charge is 0.239 e. The standard InChI is InChI=1S/C17H34N3O2/c1-8-12(5)16(18)17(22)20(7)15(11(3)4)10-14(9-2)19-13(6)21/h11-12,14-16H,2,8-10,18H2,1,3-7H3,(H,19,21)/t12-,14+,15+,16-/m0/s1. The summed E-state index contributed by atoms with van der Waals surface area (Å²) >= 11 is 0. The molecule has 5 nitrogen and oxygen atoms in total. The first kappa shape index (κ1) is 20.9. The van der Waals surface area contributed by atoms with Crippen molar-refractivity contribution in [3.05, 3.63) is 6.92 Å². The first-order valence-corrected chi connectivity index (χ1v) is 8.24. The molecule has 0 heterocycles. The maximum Gasteiger partial charge on any atom is 0.239 e. The Balaban J connectivity index is 4.99. The summed E-state index contributed by atoms with van der Waals surface area (Å²) in [6.45, 7) is 13.6. The van der Waals surface area contributed by atoms with Crippen LogP contribution in [0.4, 0.5) is 0 Å². The van der Waals surface area contributed by atoms with Crippen molar-refractivity contribution in [1.82, 2.24) is 10.2 Å². The van der Waals surface area contributed by atoms with Crippen molar-refractivity contribution in [3.63, 3.8) is 0 Å². The summed E-state index contributed by atoms with van der Waals surface area (Å²) < 4.78 is 0. The largest absolute Gasteiger partial charge is 0.354 e. The lowest BCUT2D eigenvalue weighted by molar-refractivity contribution is -0.135. The summed E-state index contributed by atoms with van der Waals surface area (Å²) in [7, 11) is 1.81. The first-order chi connectivity index (χ1) is 10.1. The van der Waals surface area contributed by atoms with Gasteiger partial charge in [0.2, 0.25) is 11.8 Å². The molecule has 0 unspecified atom stereocenters. The Bertz CT molecular complexity index is 358. The van der Waals surface area contributed by atoms with Crippen molar-refractivity contribution >= 4 is 11.8 Å². The molecule has 0 aliphatic rings. The second kappa shape index (κ2) is 9.82. The van der Waals surface area contributed by atoms with Crippen molar-refractivity contribution in [3.8, 4) is 0 Å². The van der Waals surface area contributed by atoms with E-state index in [2.05, 4.69) is 26.1 Å². The minimum absolute atomic E-state index is 0.0278. The fourth-order valence-electron chi connectivity index (χ4n) is 2.60. The lowest BCUT2D eigenvalue weighted by Crippen LogP contribution is -2.52. The number of hydrogen-bond donors (Lipinski definition) is 2. The molecule has 22 heavy (non-hydrogen) atoms. The molecular weight excluding hydrogens is 278 g/mol. The van der Waals surface area contributed by atoms with Crippen LogP contribution in [0.1, 0.15) is 53.9 Å². The molecule has 0 bridgehead atoms. The molecule has 0 saturated heterocycles. The highest BCUT2D eigenvalue weighted by Crippen LogP contribution is 2.19. The molecule has 0 aromatic heterocycles. The van der Waals surface area contributed by atoms with Crippen molar-refractivity contribution in [2.24, 2.45) is 17.6 Å². The zero-order chi connectivity index (χ0) is 17.4. The van der Waals surface area contributed by atoms with E-state index in [0.717, 1.165) is 6.42 Å². The minimum Gasteiger partial charge on any atom is -0.354 e. The topological polar surface area (TPSA) is 75.4 Å². The van der Waals surface area contributed by atoms with Crippen LogP contribution >= 0.6 is 0 Å². The van der Waals surface area contributed by atoms with Gasteiger partial charge in [0.05, 0.1) is 6.04 Å². The SMILES string of the molecule is [CH2]C[C@H](C[C@H](C(C)C)N(C)C(=O)[C@@H](N)[C@@H](C)CC)NC(C)=O. The van der Waals surface area contributed by atoms with Gasteiger partial charge in [-0.1, -0.05) is 41.0 Å². The Hall–Kier alpha value is -1.10. The van der Waals surface area contributed by atoms with Crippen LogP contribution in [0, 0.1) is 18.8 Å². The predicted octanol–water partition coefficient (Wildman–Crippen LogP) is 1.96. The maximum absolute atomic E-state index is 12.6. The quantitative estimate of drug-likeness (QED) is 0.683. The van der Waals surface area contributed by atoms with Gasteiger partial charge in [-0.2, -0.15) is 0 Å². The molecule has 129 valence electrons. The number of nitrogens with zero attached hydrogens (tertiary/aromatic N) is 1. The van der Waals surface area contributed by atoms with Crippen molar-refractivity contribution in [1.29, 1.82) is 0 Å². The number of rotatable bonds is 9. The molecule has 3 N–H and O–H groups in total. The summed E-state index contributed by atoms with van der Waals surface area (Å²) in [5.41, 5.74) is 6.08. The summed E-state index contributed by atoms with van der Waals surface area (Å²) in [5.74, 6) is 0.336. The molecule has 0 aliphatic carbocycles. The molecule has 0 aromatic carbocycles. The Morgan fingerprint density at radius 2 is 1.82 bits per heavy atom. The van der Waals surface area contributed by atoms with Gasteiger partial charge >= 0.3 is 0 Å². The molecule has 0 spiro atoms. The molecule has 0 aliphatic heterocycles. The molecular formula is C17H34N3O2. The van der Waals surface area contributed by atoms with Crippen LogP contribution < -0.4 is 11.1 Å². The van der Waals surface area contributed by atoms with Crippen molar-refractivity contribution in [2.45, 2.75) is 72.0 Å². The van der Waals surface area contributed by atoms with E-state index in [4.69, 9.17) is 5.73 Å². The normalized spacial score (nSPS) is 16.8. The molecule has 2 amide bonds. The van der Waals surface area contributed by atoms with Crippen LogP contribution in [-0.2, 0) is 9.59 Å². The van der Waals surface area contributed by atoms with E-state index in [0.29, 0.717) is 12.8 Å². The number of carbonyl (C=O) groups is 2. The minimum atomic E-state index is -0.477. The van der Waals surface area contributed by atoms with Crippen LogP contribution in [0.15, 0.2) is 0 Å². The third-order valence-corrected chi connectivity index (χ3v) is 4.44. The van der Waals surface area contributed by atoms with Crippen LogP contribution in [0.2, 0.25) is 0 Å². The molecule has 0 rings (SSSR count). The van der Waals surface area contributed by atoms with Gasteiger partial charge in [0, 0.05) is 26.1 Å². The number of carbonyl (C=O) groups excluding carboxylic acids is 2. The summed E-state index contributed by atoms with van der Waals surface area (Å²) in [6, 6.07) is -0.476. The van der Waals surface area contributed by atoms with Crippen LogP contribution in [0.25, 0.3) is 0 Å². The van der Waals surface area contributed by atoms with Gasteiger partial charge in [-0.15, -0.1) is 0 Å². The third-order valence-electron chi connectivity index (χ3n) is 4.44. The monoisotopic (exact) mass is 312 g/mol. The number of hydrogen-bond acceptors (Lipinski definition) is 3. The van der Waals surface area contributed by atoms with Gasteiger partial charge < -0.3 is 16.0 Å². The Labute approximate surface area is 136 Å². The second-order valence-corrected chi connectivity index (χ2v) is 6.59. The number of nitrogens with two attached hydrogens (primary N) is 1. The van der Waals surface area contributed by atoms with E-state index < -0.39 is 6.04 Å². The molecule has 0 aromatic rings. The highest BCUT2D eigenvalue weighted by Gasteiger charge is 2.30. The van der Waals surface area contributed by atoms with E-state index in [1.54, 1.807) is 4.90 Å². The first-order valence-electron chi connectivity index (χ1n) is 8.24. The van der Waals surface area contributed by atoms with E-state index in [9.17, 15) is 9.59 Å². The van der Waals surface area contributed by atoms with Gasteiger partial charge in [0.15, 0.2) is 0 Å². The molecule has 0 saturated carbocycles. The van der Waals surface area contributed by atoms with Crippen molar-refractivity contribution in [2.75, 3.05) is 7.05 Å². The number of likely N-dealkylation sites (N-methyl/N-ethyl adjacent to an activating group) is 1. The lowest BCUT2D eigenvalue weighted by atomic mass is 9.92. The predicted molar refractivity (Wildman–Crippen MR) is 91.0 cm³/mol. The average molecular weight is 312 g/mol. The molecule has 4 atom stereocenters. The highest BCUT2D eigenvalue weighted by atomic mass is 16.2. The second-order valence-electron chi connectivity index (χ2n) is 6.59. The highest BCUT2D eigenvalue weighted by molar-refractivity contribution is 5.82. The maximum atomic E-state index is 12.6. The van der Waals surface area contributed by atoms with Gasteiger partial charge in [0.25, 0.3) is 0 Å². The van der Waals surface area contributed by atoms with E-state index in [1.807, 2.05) is 20.9 Å². The van der Waals surface area contributed by atoms with E-state index in [-0.39, 0.29) is 35.7 Å². The Morgan fingerprint density at radius 1 is 1.27 bits per heavy atom. The Kier molecular flexibility index (Phi) is 9.33. The molecule has 5 heteroatoms. The Morgan fingerprint density at radius 3 is 2.18 bits per heavy atom. The van der Waals surface area contributed by atoms with E-state index >= 15 is 0 Å². The zero-order valence-electron chi connectivity index (χ0n) is 15.1.